The maximum Gasteiger partial charge on any atom is 0.182 e. The third-order valence-corrected chi connectivity index (χ3v) is 5.85. The average Bonchev–Trinajstić information content (AvgIpc) is 2.85. The number of anilines is 1. The highest BCUT2D eigenvalue weighted by Crippen LogP contribution is 2.30. The summed E-state index contributed by atoms with van der Waals surface area (Å²) < 4.78 is 12.8. The summed E-state index contributed by atoms with van der Waals surface area (Å²) in [5.41, 5.74) is 7.79. The van der Waals surface area contributed by atoms with Crippen molar-refractivity contribution in [2.45, 2.75) is 18.7 Å². The lowest BCUT2D eigenvalue weighted by Gasteiger charge is -2.30. The van der Waals surface area contributed by atoms with Crippen LogP contribution in [0.5, 0.6) is 0 Å². The third kappa shape index (κ3) is 8.72. The predicted octanol–water partition coefficient (Wildman–Crippen LogP) is 5.73. The summed E-state index contributed by atoms with van der Waals surface area (Å²) in [5.74, 6) is 7.15. The van der Waals surface area contributed by atoms with Crippen LogP contribution in [0.4, 0.5) is 5.69 Å². The molecule has 0 bridgehead atoms. The molecule has 0 radical (unpaired) electrons. The molecule has 0 spiro atoms. The zero-order chi connectivity index (χ0) is 26.4. The fraction of sp³-hybridized carbons (Fsp3) is 0.148. The van der Waals surface area contributed by atoms with Gasteiger partial charge in [-0.1, -0.05) is 79.4 Å². The first-order valence-corrected chi connectivity index (χ1v) is 12.3. The second kappa shape index (κ2) is 15.5. The Morgan fingerprint density at radius 3 is 2.14 bits per heavy atom. The number of amidine groups is 1. The Morgan fingerprint density at radius 2 is 1.66 bits per heavy atom. The molecule has 0 aliphatic carbocycles. The molecule has 186 valence electrons. The minimum absolute atomic E-state index is 0.0682. The Balaban J connectivity index is 0.000000519. The van der Waals surface area contributed by atoms with Crippen LogP contribution in [0.25, 0.3) is 0 Å². The SMILES string of the molecule is C=C/C=C\C.C=C/C=C\C.CN(C)C1=N/C(=C(/N)S(=O)c2cccc(Cl)c2)N(N)c2ccccc21. The molecule has 0 saturated heterocycles. The Kier molecular flexibility index (Phi) is 13.1. The van der Waals surface area contributed by atoms with Crippen molar-refractivity contribution in [2.24, 2.45) is 16.6 Å². The van der Waals surface area contributed by atoms with Gasteiger partial charge in [0.1, 0.15) is 21.7 Å². The van der Waals surface area contributed by atoms with Crippen LogP contribution in [0.1, 0.15) is 19.4 Å². The number of halogens is 1. The van der Waals surface area contributed by atoms with Crippen LogP contribution in [-0.2, 0) is 10.8 Å². The number of nitrogens with two attached hydrogens (primary N) is 2. The number of hydrazine groups is 1. The van der Waals surface area contributed by atoms with E-state index in [0.717, 1.165) is 11.3 Å². The Labute approximate surface area is 216 Å². The van der Waals surface area contributed by atoms with Crippen molar-refractivity contribution in [3.63, 3.8) is 0 Å². The van der Waals surface area contributed by atoms with Gasteiger partial charge in [0.15, 0.2) is 5.82 Å². The number of aliphatic imine (C=N–C) groups is 1. The zero-order valence-corrected chi connectivity index (χ0v) is 22.3. The number of hydrogen-bond donors (Lipinski definition) is 2. The van der Waals surface area contributed by atoms with Gasteiger partial charge < -0.3 is 10.6 Å². The zero-order valence-electron chi connectivity index (χ0n) is 20.7. The van der Waals surface area contributed by atoms with E-state index >= 15 is 0 Å². The highest BCUT2D eigenvalue weighted by atomic mass is 35.5. The summed E-state index contributed by atoms with van der Waals surface area (Å²) in [6.07, 6.45) is 11.2. The van der Waals surface area contributed by atoms with E-state index in [2.05, 4.69) is 18.2 Å². The van der Waals surface area contributed by atoms with Crippen molar-refractivity contribution in [2.75, 3.05) is 19.1 Å². The van der Waals surface area contributed by atoms with Crippen molar-refractivity contribution in [1.29, 1.82) is 0 Å². The van der Waals surface area contributed by atoms with Crippen molar-refractivity contribution in [3.8, 4) is 0 Å². The van der Waals surface area contributed by atoms with Crippen LogP contribution in [0.2, 0.25) is 5.02 Å². The molecule has 35 heavy (non-hydrogen) atoms. The van der Waals surface area contributed by atoms with E-state index in [4.69, 9.17) is 23.2 Å². The lowest BCUT2D eigenvalue weighted by molar-refractivity contribution is 0.618. The number of hydrogen-bond acceptors (Lipinski definition) is 6. The number of benzene rings is 2. The molecular formula is C27H34ClN5OS. The molecule has 1 aliphatic heterocycles. The van der Waals surface area contributed by atoms with E-state index in [1.807, 2.05) is 81.4 Å². The van der Waals surface area contributed by atoms with Crippen LogP contribution in [0.15, 0.2) is 119 Å². The van der Waals surface area contributed by atoms with Gasteiger partial charge in [-0.15, -0.1) is 0 Å². The van der Waals surface area contributed by atoms with Gasteiger partial charge in [-0.05, 0) is 44.2 Å². The lowest BCUT2D eigenvalue weighted by Crippen LogP contribution is -2.39. The monoisotopic (exact) mass is 511 g/mol. The van der Waals surface area contributed by atoms with Crippen molar-refractivity contribution < 1.29 is 4.21 Å². The number of allylic oxidation sites excluding steroid dienone is 6. The second-order valence-corrected chi connectivity index (χ2v) is 9.04. The average molecular weight is 512 g/mol. The molecule has 3 rings (SSSR count). The topological polar surface area (TPSA) is 88.0 Å². The Morgan fingerprint density at radius 1 is 1.06 bits per heavy atom. The maximum atomic E-state index is 12.8. The summed E-state index contributed by atoms with van der Waals surface area (Å²) in [5, 5.41) is 1.92. The highest BCUT2D eigenvalue weighted by Gasteiger charge is 2.26. The largest absolute Gasteiger partial charge is 0.388 e. The smallest absolute Gasteiger partial charge is 0.182 e. The summed E-state index contributed by atoms with van der Waals surface area (Å²) in [6.45, 7) is 10.8. The number of fused-ring (bicyclic) bond motifs is 1. The molecule has 2 aromatic carbocycles. The molecule has 1 heterocycles. The molecule has 0 fully saturated rings. The first kappa shape index (κ1) is 29.6. The Hall–Kier alpha value is -3.39. The quantitative estimate of drug-likeness (QED) is 0.404. The summed E-state index contributed by atoms with van der Waals surface area (Å²) in [4.78, 5) is 6.90. The van der Waals surface area contributed by atoms with Crippen molar-refractivity contribution in [1.82, 2.24) is 4.90 Å². The third-order valence-electron chi connectivity index (χ3n) is 4.36. The van der Waals surface area contributed by atoms with Gasteiger partial charge in [-0.25, -0.2) is 15.0 Å². The molecule has 1 unspecified atom stereocenters. The van der Waals surface area contributed by atoms with Gasteiger partial charge in [-0.2, -0.15) is 0 Å². The van der Waals surface area contributed by atoms with E-state index in [1.165, 1.54) is 5.01 Å². The number of para-hydroxylation sites is 1. The Bertz CT molecular complexity index is 1140. The van der Waals surface area contributed by atoms with E-state index in [0.29, 0.717) is 15.8 Å². The van der Waals surface area contributed by atoms with Crippen LogP contribution in [0.3, 0.4) is 0 Å². The molecule has 0 amide bonds. The minimum atomic E-state index is -1.64. The van der Waals surface area contributed by atoms with E-state index < -0.39 is 10.8 Å². The van der Waals surface area contributed by atoms with Gasteiger partial charge in [0.25, 0.3) is 0 Å². The second-order valence-electron chi connectivity index (χ2n) is 7.15. The van der Waals surface area contributed by atoms with E-state index in [9.17, 15) is 4.21 Å². The first-order valence-electron chi connectivity index (χ1n) is 10.8. The fourth-order valence-corrected chi connectivity index (χ4v) is 4.04. The van der Waals surface area contributed by atoms with Gasteiger partial charge >= 0.3 is 0 Å². The summed E-state index contributed by atoms with van der Waals surface area (Å²) >= 11 is 5.98. The van der Waals surface area contributed by atoms with Gasteiger partial charge in [-0.3, -0.25) is 5.01 Å². The van der Waals surface area contributed by atoms with Crippen LogP contribution in [0, 0.1) is 0 Å². The molecule has 8 heteroatoms. The minimum Gasteiger partial charge on any atom is -0.388 e. The first-order chi connectivity index (χ1) is 16.7. The summed E-state index contributed by atoms with van der Waals surface area (Å²) in [6, 6.07) is 14.3. The standard InChI is InChI=1S/C17H18ClN5OS.2C5H8/c1-22(2)16-13-8-3-4-9-14(13)23(20)17(21-16)15(19)25(24)12-7-5-6-11(18)10-12;2*1-3-5-4-2/h3-10H,19-20H2,1-2H3;2*3-5H,1H2,2H3/b17-15+;2*5-4-. The molecule has 4 N–H and O–H groups in total. The van der Waals surface area contributed by atoms with E-state index in [1.54, 1.807) is 36.4 Å². The fourth-order valence-electron chi connectivity index (χ4n) is 2.78. The summed E-state index contributed by atoms with van der Waals surface area (Å²) in [7, 11) is 2.12. The van der Waals surface area contributed by atoms with Crippen LogP contribution in [-0.4, -0.2) is 29.0 Å². The van der Waals surface area contributed by atoms with E-state index in [-0.39, 0.29) is 10.9 Å². The molecule has 0 aromatic heterocycles. The van der Waals surface area contributed by atoms with Gasteiger partial charge in [0.05, 0.1) is 5.69 Å². The molecule has 1 aliphatic rings. The van der Waals surface area contributed by atoms with Crippen LogP contribution >= 0.6 is 11.6 Å². The van der Waals surface area contributed by atoms with Crippen LogP contribution < -0.4 is 16.6 Å². The predicted molar refractivity (Wildman–Crippen MR) is 152 cm³/mol. The number of rotatable bonds is 4. The number of nitrogens with zero attached hydrogens (tertiary/aromatic N) is 3. The molecule has 1 atom stereocenters. The normalized spacial score (nSPS) is 14.6. The lowest BCUT2D eigenvalue weighted by atomic mass is 10.1. The van der Waals surface area contributed by atoms with Gasteiger partial charge in [0.2, 0.25) is 0 Å². The maximum absolute atomic E-state index is 12.8. The highest BCUT2D eigenvalue weighted by molar-refractivity contribution is 7.89. The van der Waals surface area contributed by atoms with Gasteiger partial charge in [0, 0.05) is 29.6 Å². The molecule has 0 saturated carbocycles. The molecular weight excluding hydrogens is 478 g/mol. The molecule has 6 nitrogen and oxygen atoms in total. The van der Waals surface area contributed by atoms with Crippen molar-refractivity contribution in [3.05, 3.63) is 120 Å². The van der Waals surface area contributed by atoms with Crippen molar-refractivity contribution >= 4 is 33.9 Å². The molecule has 2 aromatic rings.